The van der Waals surface area contributed by atoms with Gasteiger partial charge in [-0.1, -0.05) is 47.5 Å². The standard InChI is InChI=1S/C27H24Cl2F2N2O3/c1-36-24(34)13-32-27(35)25(18-10-22(30)12-23(31)11-18)19-14-33(15-19)26(16-2-6-20(28)7-3-16)17-4-8-21(29)9-5-17/h2-12,19,25-26H,13-15H2,1H3,(H,32,35). The summed E-state index contributed by atoms with van der Waals surface area (Å²) in [7, 11) is 1.21. The molecule has 1 atom stereocenters. The molecule has 0 aromatic heterocycles. The fraction of sp³-hybridized carbons (Fsp3) is 0.259. The third kappa shape index (κ3) is 6.03. The Morgan fingerprint density at radius 2 is 1.42 bits per heavy atom. The number of ether oxygens (including phenoxy) is 1. The molecular formula is C27H24Cl2F2N2O3. The molecule has 188 valence electrons. The Kier molecular flexibility index (Phi) is 8.24. The third-order valence-electron chi connectivity index (χ3n) is 6.31. The van der Waals surface area contributed by atoms with Crippen LogP contribution >= 0.6 is 23.2 Å². The molecule has 9 heteroatoms. The Labute approximate surface area is 218 Å². The van der Waals surface area contributed by atoms with Gasteiger partial charge in [-0.05, 0) is 53.1 Å². The highest BCUT2D eigenvalue weighted by Crippen LogP contribution is 2.40. The largest absolute Gasteiger partial charge is 0.468 e. The summed E-state index contributed by atoms with van der Waals surface area (Å²) in [6.45, 7) is 0.618. The number of carbonyl (C=O) groups is 2. The zero-order valence-corrected chi connectivity index (χ0v) is 20.9. The molecule has 1 aliphatic heterocycles. The molecule has 0 radical (unpaired) electrons. The molecule has 3 aromatic rings. The molecule has 1 saturated heterocycles. The van der Waals surface area contributed by atoms with Crippen LogP contribution in [-0.2, 0) is 14.3 Å². The van der Waals surface area contributed by atoms with E-state index in [4.69, 9.17) is 23.2 Å². The van der Waals surface area contributed by atoms with Crippen molar-refractivity contribution in [2.75, 3.05) is 26.7 Å². The summed E-state index contributed by atoms with van der Waals surface area (Å²) in [5.74, 6) is -3.75. The van der Waals surface area contributed by atoms with Crippen molar-refractivity contribution in [2.45, 2.75) is 12.0 Å². The number of benzene rings is 3. The summed E-state index contributed by atoms with van der Waals surface area (Å²) in [6, 6.07) is 18.0. The topological polar surface area (TPSA) is 58.6 Å². The van der Waals surface area contributed by atoms with Gasteiger partial charge in [0.25, 0.3) is 0 Å². The highest BCUT2D eigenvalue weighted by Gasteiger charge is 2.42. The van der Waals surface area contributed by atoms with E-state index >= 15 is 0 Å². The normalized spacial score (nSPS) is 14.8. The zero-order valence-electron chi connectivity index (χ0n) is 19.4. The predicted molar refractivity (Wildman–Crippen MR) is 134 cm³/mol. The maximum Gasteiger partial charge on any atom is 0.325 e. The van der Waals surface area contributed by atoms with E-state index < -0.39 is 29.4 Å². The molecule has 0 bridgehead atoms. The van der Waals surface area contributed by atoms with Crippen LogP contribution in [0.1, 0.15) is 28.7 Å². The van der Waals surface area contributed by atoms with Gasteiger partial charge < -0.3 is 10.1 Å². The van der Waals surface area contributed by atoms with Crippen LogP contribution in [0.3, 0.4) is 0 Å². The van der Waals surface area contributed by atoms with Crippen molar-refractivity contribution in [3.63, 3.8) is 0 Å². The van der Waals surface area contributed by atoms with E-state index in [1.165, 1.54) is 7.11 Å². The number of methoxy groups -OCH3 is 1. The number of hydrogen-bond acceptors (Lipinski definition) is 4. The minimum Gasteiger partial charge on any atom is -0.468 e. The van der Waals surface area contributed by atoms with Gasteiger partial charge in [0.15, 0.2) is 0 Å². The number of likely N-dealkylation sites (tertiary alicyclic amines) is 1. The van der Waals surface area contributed by atoms with Crippen molar-refractivity contribution in [3.05, 3.63) is 105 Å². The second-order valence-corrected chi connectivity index (χ2v) is 9.57. The van der Waals surface area contributed by atoms with Crippen molar-refractivity contribution in [2.24, 2.45) is 5.92 Å². The summed E-state index contributed by atoms with van der Waals surface area (Å²) >= 11 is 12.2. The first-order valence-electron chi connectivity index (χ1n) is 11.3. The summed E-state index contributed by atoms with van der Waals surface area (Å²) < 4.78 is 32.7. The number of rotatable bonds is 8. The quantitative estimate of drug-likeness (QED) is 0.396. The van der Waals surface area contributed by atoms with Gasteiger partial charge in [0.2, 0.25) is 5.91 Å². The van der Waals surface area contributed by atoms with Crippen molar-refractivity contribution in [1.29, 1.82) is 0 Å². The first-order valence-corrected chi connectivity index (χ1v) is 12.1. The Morgan fingerprint density at radius 3 is 1.89 bits per heavy atom. The average Bonchev–Trinajstić information content (AvgIpc) is 2.82. The van der Waals surface area contributed by atoms with Crippen LogP contribution in [0.5, 0.6) is 0 Å². The summed E-state index contributed by atoms with van der Waals surface area (Å²) in [4.78, 5) is 26.8. The van der Waals surface area contributed by atoms with Crippen molar-refractivity contribution in [1.82, 2.24) is 10.2 Å². The number of nitrogens with zero attached hydrogens (tertiary/aromatic N) is 1. The van der Waals surface area contributed by atoms with Crippen LogP contribution in [0, 0.1) is 17.6 Å². The van der Waals surface area contributed by atoms with Crippen molar-refractivity contribution < 1.29 is 23.1 Å². The van der Waals surface area contributed by atoms with Gasteiger partial charge in [-0.25, -0.2) is 8.78 Å². The van der Waals surface area contributed by atoms with E-state index in [-0.39, 0.29) is 24.1 Å². The van der Waals surface area contributed by atoms with Gasteiger partial charge in [-0.2, -0.15) is 0 Å². The number of nitrogens with one attached hydrogen (secondary N) is 1. The average molecular weight is 533 g/mol. The predicted octanol–water partition coefficient (Wildman–Crippen LogP) is 5.37. The van der Waals surface area contributed by atoms with E-state index in [2.05, 4.69) is 15.0 Å². The third-order valence-corrected chi connectivity index (χ3v) is 6.81. The lowest BCUT2D eigenvalue weighted by Gasteiger charge is -2.47. The van der Waals surface area contributed by atoms with Crippen LogP contribution in [0.4, 0.5) is 8.78 Å². The number of esters is 1. The zero-order chi connectivity index (χ0) is 25.8. The van der Waals surface area contributed by atoms with E-state index in [0.29, 0.717) is 23.1 Å². The number of halogens is 4. The van der Waals surface area contributed by atoms with E-state index in [1.807, 2.05) is 48.5 Å². The molecule has 0 saturated carbocycles. The molecule has 1 unspecified atom stereocenters. The molecule has 1 heterocycles. The minimum absolute atomic E-state index is 0.140. The monoisotopic (exact) mass is 532 g/mol. The van der Waals surface area contributed by atoms with Gasteiger partial charge in [0.1, 0.15) is 18.2 Å². The van der Waals surface area contributed by atoms with Gasteiger partial charge in [-0.3, -0.25) is 14.5 Å². The van der Waals surface area contributed by atoms with Gasteiger partial charge in [0, 0.05) is 35.1 Å². The molecule has 4 rings (SSSR count). The second kappa shape index (κ2) is 11.4. The van der Waals surface area contributed by atoms with E-state index in [1.54, 1.807) is 0 Å². The van der Waals surface area contributed by atoms with Crippen molar-refractivity contribution in [3.8, 4) is 0 Å². The number of carbonyl (C=O) groups excluding carboxylic acids is 2. The molecule has 1 aliphatic rings. The van der Waals surface area contributed by atoms with Gasteiger partial charge in [0.05, 0.1) is 19.1 Å². The molecule has 1 amide bonds. The lowest BCUT2D eigenvalue weighted by atomic mass is 9.78. The first kappa shape index (κ1) is 26.1. The second-order valence-electron chi connectivity index (χ2n) is 8.69. The van der Waals surface area contributed by atoms with Crippen LogP contribution in [0.2, 0.25) is 10.0 Å². The fourth-order valence-electron chi connectivity index (χ4n) is 4.61. The molecule has 36 heavy (non-hydrogen) atoms. The first-order chi connectivity index (χ1) is 17.2. The van der Waals surface area contributed by atoms with Gasteiger partial charge >= 0.3 is 5.97 Å². The van der Waals surface area contributed by atoms with Crippen LogP contribution < -0.4 is 5.32 Å². The van der Waals surface area contributed by atoms with Crippen LogP contribution in [0.25, 0.3) is 0 Å². The van der Waals surface area contributed by atoms with E-state index in [0.717, 1.165) is 29.3 Å². The van der Waals surface area contributed by atoms with Gasteiger partial charge in [-0.15, -0.1) is 0 Å². The number of amides is 1. The van der Waals surface area contributed by atoms with Crippen molar-refractivity contribution >= 4 is 35.1 Å². The smallest absolute Gasteiger partial charge is 0.325 e. The lowest BCUT2D eigenvalue weighted by Crippen LogP contribution is -2.53. The molecule has 1 N–H and O–H groups in total. The van der Waals surface area contributed by atoms with Crippen LogP contribution in [-0.4, -0.2) is 43.5 Å². The Hall–Kier alpha value is -3.00. The molecule has 1 fully saturated rings. The molecular weight excluding hydrogens is 509 g/mol. The Morgan fingerprint density at radius 1 is 0.917 bits per heavy atom. The molecule has 3 aromatic carbocycles. The maximum atomic E-state index is 14.0. The fourth-order valence-corrected chi connectivity index (χ4v) is 4.86. The minimum atomic E-state index is -0.854. The lowest BCUT2D eigenvalue weighted by molar-refractivity contribution is -0.141. The van der Waals surface area contributed by atoms with Crippen LogP contribution in [0.15, 0.2) is 66.7 Å². The number of hydrogen-bond donors (Lipinski definition) is 1. The summed E-state index contributed by atoms with van der Waals surface area (Å²) in [5.41, 5.74) is 2.22. The maximum absolute atomic E-state index is 14.0. The Balaban J connectivity index is 1.61. The molecule has 0 aliphatic carbocycles. The van der Waals surface area contributed by atoms with E-state index in [9.17, 15) is 18.4 Å². The molecule has 5 nitrogen and oxygen atoms in total. The molecule has 0 spiro atoms. The summed E-state index contributed by atoms with van der Waals surface area (Å²) in [5, 5.41) is 3.77. The summed E-state index contributed by atoms with van der Waals surface area (Å²) in [6.07, 6.45) is 0. The highest BCUT2D eigenvalue weighted by atomic mass is 35.5. The Bertz CT molecular complexity index is 1170. The highest BCUT2D eigenvalue weighted by molar-refractivity contribution is 6.30. The SMILES string of the molecule is COC(=O)CNC(=O)C(c1cc(F)cc(F)c1)C1CN(C(c2ccc(Cl)cc2)c2ccc(Cl)cc2)C1.